The van der Waals surface area contributed by atoms with E-state index in [1.165, 1.54) is 35.9 Å². The molecule has 0 aliphatic carbocycles. The van der Waals surface area contributed by atoms with E-state index in [0.717, 1.165) is 11.3 Å². The van der Waals surface area contributed by atoms with Crippen LogP contribution in [0.4, 0.5) is 0 Å². The summed E-state index contributed by atoms with van der Waals surface area (Å²) in [5, 5.41) is 0. The molecule has 0 bridgehead atoms. The minimum Gasteiger partial charge on any atom is -0.497 e. The van der Waals surface area contributed by atoms with Crippen molar-refractivity contribution in [3.05, 3.63) is 41.2 Å². The number of ether oxygens (including phenoxy) is 4. The third-order valence-electron chi connectivity index (χ3n) is 4.89. The van der Waals surface area contributed by atoms with Crippen LogP contribution in [-0.4, -0.2) is 57.5 Å². The van der Waals surface area contributed by atoms with Gasteiger partial charge in [-0.3, -0.25) is 9.59 Å². The predicted molar refractivity (Wildman–Crippen MR) is 123 cm³/mol. The van der Waals surface area contributed by atoms with Crippen molar-refractivity contribution in [3.8, 4) is 17.2 Å². The summed E-state index contributed by atoms with van der Waals surface area (Å²) in [6.45, 7) is 2.48. The highest BCUT2D eigenvalue weighted by atomic mass is 32.2. The maximum Gasteiger partial charge on any atom is 0.326 e. The van der Waals surface area contributed by atoms with Crippen molar-refractivity contribution in [2.75, 3.05) is 32.7 Å². The molecule has 0 fully saturated rings. The molecule has 1 aromatic heterocycles. The van der Waals surface area contributed by atoms with Gasteiger partial charge in [-0.15, -0.1) is 0 Å². The molecule has 0 atom stereocenters. The number of carbonyl (C=O) groups is 2. The lowest BCUT2D eigenvalue weighted by Gasteiger charge is -2.18. The van der Waals surface area contributed by atoms with E-state index in [4.69, 9.17) is 18.9 Å². The third kappa shape index (κ3) is 5.07. The first-order valence-electron chi connectivity index (χ1n) is 10.3. The molecular formula is C22H22N2O8S2. The van der Waals surface area contributed by atoms with E-state index in [1.54, 1.807) is 19.1 Å². The maximum absolute atomic E-state index is 12.7. The number of hydrogen-bond donors (Lipinski definition) is 0. The maximum atomic E-state index is 12.7. The molecule has 2 aromatic carbocycles. The summed E-state index contributed by atoms with van der Waals surface area (Å²) in [5.41, 5.74) is 0.590. The number of sulfone groups is 1. The van der Waals surface area contributed by atoms with Gasteiger partial charge in [0.25, 0.3) is 5.91 Å². The van der Waals surface area contributed by atoms with Gasteiger partial charge >= 0.3 is 5.97 Å². The summed E-state index contributed by atoms with van der Waals surface area (Å²) in [6, 6.07) is 9.18. The van der Waals surface area contributed by atoms with Gasteiger partial charge in [-0.2, -0.15) is 4.99 Å². The second kappa shape index (κ2) is 9.85. The standard InChI is InChI=1S/C22H22N2O8S2/c1-3-30-21(26)12-24-16-10-17-18(32-9-8-31-17)11-19(16)33-22(24)23-20(25)13-34(27,28)15-6-4-14(29-2)5-7-15/h4-7,10-11H,3,8-9,12-13H2,1-2H3. The lowest BCUT2D eigenvalue weighted by molar-refractivity contribution is -0.143. The minimum atomic E-state index is -3.93. The van der Waals surface area contributed by atoms with Gasteiger partial charge in [-0.25, -0.2) is 8.42 Å². The van der Waals surface area contributed by atoms with Crippen molar-refractivity contribution >= 4 is 43.3 Å². The van der Waals surface area contributed by atoms with E-state index in [-0.39, 0.29) is 22.8 Å². The number of rotatable bonds is 7. The predicted octanol–water partition coefficient (Wildman–Crippen LogP) is 1.95. The van der Waals surface area contributed by atoms with E-state index in [1.807, 2.05) is 0 Å². The molecule has 0 radical (unpaired) electrons. The van der Waals surface area contributed by atoms with Crippen LogP contribution in [0.1, 0.15) is 6.92 Å². The van der Waals surface area contributed by atoms with Crippen molar-refractivity contribution < 1.29 is 37.0 Å². The zero-order valence-corrected chi connectivity index (χ0v) is 20.1. The summed E-state index contributed by atoms with van der Waals surface area (Å²) in [6.07, 6.45) is 0. The van der Waals surface area contributed by atoms with Crippen LogP contribution in [0.3, 0.4) is 0 Å². The van der Waals surface area contributed by atoms with Crippen LogP contribution in [-0.2, 0) is 30.7 Å². The Morgan fingerprint density at radius 1 is 1.12 bits per heavy atom. The highest BCUT2D eigenvalue weighted by molar-refractivity contribution is 7.92. The van der Waals surface area contributed by atoms with Crippen LogP contribution < -0.4 is 19.0 Å². The Labute approximate surface area is 199 Å². The van der Waals surface area contributed by atoms with Crippen molar-refractivity contribution in [3.63, 3.8) is 0 Å². The van der Waals surface area contributed by atoms with Gasteiger partial charge in [-0.1, -0.05) is 11.3 Å². The number of esters is 1. The SMILES string of the molecule is CCOC(=O)Cn1c(=NC(=O)CS(=O)(=O)c2ccc(OC)cc2)sc2cc3c(cc21)OCCO3. The van der Waals surface area contributed by atoms with Crippen LogP contribution in [0.2, 0.25) is 0 Å². The fraction of sp³-hybridized carbons (Fsp3) is 0.318. The Balaban J connectivity index is 1.71. The second-order valence-electron chi connectivity index (χ2n) is 7.18. The number of methoxy groups -OCH3 is 1. The van der Waals surface area contributed by atoms with E-state index >= 15 is 0 Å². The van der Waals surface area contributed by atoms with Crippen molar-refractivity contribution in [2.45, 2.75) is 18.4 Å². The molecule has 0 N–H and O–H groups in total. The molecule has 0 saturated carbocycles. The van der Waals surface area contributed by atoms with E-state index in [9.17, 15) is 18.0 Å². The summed E-state index contributed by atoms with van der Waals surface area (Å²) in [5.74, 6) is -0.655. The van der Waals surface area contributed by atoms with Gasteiger partial charge in [0.05, 0.1) is 28.8 Å². The molecule has 10 nitrogen and oxygen atoms in total. The Morgan fingerprint density at radius 2 is 1.79 bits per heavy atom. The molecule has 0 saturated heterocycles. The van der Waals surface area contributed by atoms with Crippen LogP contribution in [0.15, 0.2) is 46.3 Å². The van der Waals surface area contributed by atoms with E-state index in [2.05, 4.69) is 4.99 Å². The zero-order valence-electron chi connectivity index (χ0n) is 18.5. The molecule has 34 heavy (non-hydrogen) atoms. The lowest BCUT2D eigenvalue weighted by Crippen LogP contribution is -2.24. The molecule has 1 aliphatic heterocycles. The summed E-state index contributed by atoms with van der Waals surface area (Å²) >= 11 is 1.13. The fourth-order valence-corrected chi connectivity index (χ4v) is 5.51. The average molecular weight is 507 g/mol. The van der Waals surface area contributed by atoms with Gasteiger partial charge in [-0.05, 0) is 31.2 Å². The number of amides is 1. The quantitative estimate of drug-likeness (QED) is 0.446. The topological polar surface area (TPSA) is 122 Å². The van der Waals surface area contributed by atoms with Crippen molar-refractivity contribution in [1.29, 1.82) is 0 Å². The van der Waals surface area contributed by atoms with Gasteiger partial charge in [0.15, 0.2) is 26.1 Å². The molecule has 4 rings (SSSR count). The lowest BCUT2D eigenvalue weighted by atomic mass is 10.2. The van der Waals surface area contributed by atoms with E-state index < -0.39 is 27.5 Å². The minimum absolute atomic E-state index is 0.0189. The zero-order chi connectivity index (χ0) is 24.3. The Bertz CT molecular complexity index is 1410. The Hall–Kier alpha value is -3.38. The number of fused-ring (bicyclic) bond motifs is 2. The van der Waals surface area contributed by atoms with Gasteiger partial charge < -0.3 is 23.5 Å². The highest BCUT2D eigenvalue weighted by Crippen LogP contribution is 2.35. The van der Waals surface area contributed by atoms with Gasteiger partial charge in [0, 0.05) is 12.1 Å². The molecule has 3 aromatic rings. The molecule has 180 valence electrons. The normalized spacial score (nSPS) is 13.6. The molecule has 12 heteroatoms. The molecule has 1 aliphatic rings. The van der Waals surface area contributed by atoms with Gasteiger partial charge in [0.2, 0.25) is 0 Å². The Morgan fingerprint density at radius 3 is 2.44 bits per heavy atom. The van der Waals surface area contributed by atoms with Crippen molar-refractivity contribution in [1.82, 2.24) is 4.57 Å². The molecule has 0 spiro atoms. The van der Waals surface area contributed by atoms with Gasteiger partial charge in [0.1, 0.15) is 31.3 Å². The number of nitrogens with zero attached hydrogens (tertiary/aromatic N) is 2. The highest BCUT2D eigenvalue weighted by Gasteiger charge is 2.21. The number of benzene rings is 2. The number of aromatic nitrogens is 1. The summed E-state index contributed by atoms with van der Waals surface area (Å²) < 4.78 is 48.9. The number of hydrogen-bond acceptors (Lipinski definition) is 9. The van der Waals surface area contributed by atoms with Crippen LogP contribution >= 0.6 is 11.3 Å². The van der Waals surface area contributed by atoms with E-state index in [0.29, 0.717) is 40.7 Å². The average Bonchev–Trinajstić information content (AvgIpc) is 3.12. The first kappa shape index (κ1) is 23.8. The molecule has 0 unspecified atom stereocenters. The molecule has 1 amide bonds. The smallest absolute Gasteiger partial charge is 0.326 e. The third-order valence-corrected chi connectivity index (χ3v) is 7.55. The van der Waals surface area contributed by atoms with Crippen LogP contribution in [0, 0.1) is 0 Å². The van der Waals surface area contributed by atoms with Crippen LogP contribution in [0.5, 0.6) is 17.2 Å². The second-order valence-corrected chi connectivity index (χ2v) is 10.2. The summed E-state index contributed by atoms with van der Waals surface area (Å²) in [7, 11) is -2.46. The Kier molecular flexibility index (Phi) is 6.89. The van der Waals surface area contributed by atoms with Crippen LogP contribution in [0.25, 0.3) is 10.2 Å². The molecule has 2 heterocycles. The first-order valence-corrected chi connectivity index (χ1v) is 12.8. The largest absolute Gasteiger partial charge is 0.497 e. The molecular weight excluding hydrogens is 484 g/mol. The first-order chi connectivity index (χ1) is 16.3. The number of carbonyl (C=O) groups excluding carboxylic acids is 2. The monoisotopic (exact) mass is 506 g/mol. The van der Waals surface area contributed by atoms with Crippen molar-refractivity contribution in [2.24, 2.45) is 4.99 Å². The fourth-order valence-electron chi connectivity index (χ4n) is 3.35. The summed E-state index contributed by atoms with van der Waals surface area (Å²) in [4.78, 5) is 29.1. The number of thiazole rings is 1.